The van der Waals surface area contributed by atoms with Crippen molar-refractivity contribution >= 4 is 18.7 Å². The Morgan fingerprint density at radius 2 is 0.732 bits per heavy atom. The minimum Gasteiger partial charge on any atom is -0.405 e. The van der Waals surface area contributed by atoms with Gasteiger partial charge in [0.1, 0.15) is 0 Å². The number of ether oxygens (including phenoxy) is 7. The third-order valence-electron chi connectivity index (χ3n) is 6.40. The summed E-state index contributed by atoms with van der Waals surface area (Å²) < 4.78 is 45.4. The van der Waals surface area contributed by atoms with Gasteiger partial charge in [0.2, 0.25) is 0 Å². The maximum atomic E-state index is 6.83. The average Bonchev–Trinajstić information content (AvgIpc) is 2.98. The maximum Gasteiger partial charge on any atom is 0.261 e. The Balaban J connectivity index is 1.50. The molecule has 0 saturated carbocycles. The molecule has 0 aliphatic rings. The van der Waals surface area contributed by atoms with Crippen molar-refractivity contribution in [3.05, 3.63) is 60.7 Å². The lowest BCUT2D eigenvalue weighted by Gasteiger charge is -2.43. The van der Waals surface area contributed by atoms with E-state index in [1.54, 1.807) is 0 Å². The van der Waals surface area contributed by atoms with Crippen LogP contribution >= 0.6 is 0 Å². The smallest absolute Gasteiger partial charge is 0.261 e. The van der Waals surface area contributed by atoms with E-state index < -0.39 is 8.32 Å². The molecule has 2 aromatic carbocycles. The summed E-state index contributed by atoms with van der Waals surface area (Å²) in [6.45, 7) is 17.1. The largest absolute Gasteiger partial charge is 0.405 e. The number of benzene rings is 2. The average molecular weight is 593 g/mol. The molecule has 0 heterocycles. The molecule has 0 aliphatic carbocycles. The molecule has 0 bridgehead atoms. The second-order valence-electron chi connectivity index (χ2n) is 10.4. The molecular weight excluding hydrogens is 540 g/mol. The molecule has 0 aliphatic heterocycles. The minimum absolute atomic E-state index is 0.0448. The zero-order valence-corrected chi connectivity index (χ0v) is 26.6. The van der Waals surface area contributed by atoms with Gasteiger partial charge in [0.25, 0.3) is 8.32 Å². The molecule has 0 fully saturated rings. The minimum atomic E-state index is -2.52. The SMILES string of the molecule is CCOCCOCCOCCOCCOCCOCCOCCO[Si](c1ccccc1)(c1ccccc1)C(C)(C)C. The zero-order valence-electron chi connectivity index (χ0n) is 25.6. The van der Waals surface area contributed by atoms with Gasteiger partial charge in [-0.05, 0) is 22.3 Å². The summed E-state index contributed by atoms with van der Waals surface area (Å²) in [7, 11) is -2.52. The molecule has 0 amide bonds. The highest BCUT2D eigenvalue weighted by Crippen LogP contribution is 2.36. The van der Waals surface area contributed by atoms with E-state index in [-0.39, 0.29) is 5.04 Å². The Morgan fingerprint density at radius 3 is 1.02 bits per heavy atom. The first-order valence-corrected chi connectivity index (χ1v) is 16.7. The molecule has 2 aromatic rings. The van der Waals surface area contributed by atoms with E-state index in [0.717, 1.165) is 0 Å². The van der Waals surface area contributed by atoms with Gasteiger partial charge in [-0.1, -0.05) is 81.4 Å². The lowest BCUT2D eigenvalue weighted by Crippen LogP contribution is -2.66. The molecule has 0 N–H and O–H groups in total. The molecule has 232 valence electrons. The van der Waals surface area contributed by atoms with E-state index in [9.17, 15) is 0 Å². The standard InChI is InChI=1S/C32H52O8Si/c1-5-33-16-17-34-18-19-35-20-21-36-22-23-37-24-25-38-26-27-39-28-29-40-41(32(2,3)4,30-12-8-6-9-13-30)31-14-10-7-11-15-31/h6-15H,5,16-29H2,1-4H3. The van der Waals surface area contributed by atoms with Crippen molar-refractivity contribution in [1.29, 1.82) is 0 Å². The van der Waals surface area contributed by atoms with E-state index in [1.807, 2.05) is 6.92 Å². The summed E-state index contributed by atoms with van der Waals surface area (Å²) in [5.41, 5.74) is 0. The topological polar surface area (TPSA) is 73.8 Å². The van der Waals surface area contributed by atoms with Crippen LogP contribution in [0.25, 0.3) is 0 Å². The molecular formula is C32H52O8Si. The van der Waals surface area contributed by atoms with Gasteiger partial charge in [-0.2, -0.15) is 0 Å². The van der Waals surface area contributed by atoms with Crippen LogP contribution in [0.4, 0.5) is 0 Å². The third kappa shape index (κ3) is 13.9. The van der Waals surface area contributed by atoms with E-state index in [4.69, 9.17) is 37.6 Å². The van der Waals surface area contributed by atoms with Gasteiger partial charge in [-0.25, -0.2) is 0 Å². The number of hydrogen-bond donors (Lipinski definition) is 0. The first kappa shape index (κ1) is 35.5. The summed E-state index contributed by atoms with van der Waals surface area (Å²) in [5.74, 6) is 0. The molecule has 0 saturated heterocycles. The van der Waals surface area contributed by atoms with Gasteiger partial charge in [0, 0.05) is 6.61 Å². The van der Waals surface area contributed by atoms with Crippen molar-refractivity contribution in [1.82, 2.24) is 0 Å². The van der Waals surface area contributed by atoms with Crippen LogP contribution in [0.1, 0.15) is 27.7 Å². The van der Waals surface area contributed by atoms with E-state index in [2.05, 4.69) is 81.4 Å². The van der Waals surface area contributed by atoms with Crippen molar-refractivity contribution in [2.75, 3.05) is 99.1 Å². The second kappa shape index (κ2) is 22.0. The summed E-state index contributed by atoms with van der Waals surface area (Å²) in [4.78, 5) is 0. The van der Waals surface area contributed by atoms with E-state index in [1.165, 1.54) is 10.4 Å². The quantitative estimate of drug-likeness (QED) is 0.128. The summed E-state index contributed by atoms with van der Waals surface area (Å²) in [6, 6.07) is 21.3. The molecule has 9 heteroatoms. The lowest BCUT2D eigenvalue weighted by molar-refractivity contribution is -0.0209. The molecule has 8 nitrogen and oxygen atoms in total. The fourth-order valence-electron chi connectivity index (χ4n) is 4.48. The van der Waals surface area contributed by atoms with Crippen LogP contribution in [0.15, 0.2) is 60.7 Å². The maximum absolute atomic E-state index is 6.83. The number of rotatable bonds is 25. The molecule has 41 heavy (non-hydrogen) atoms. The molecule has 0 unspecified atom stereocenters. The highest BCUT2D eigenvalue weighted by Gasteiger charge is 2.49. The van der Waals surface area contributed by atoms with Crippen molar-refractivity contribution in [2.45, 2.75) is 32.7 Å². The second-order valence-corrected chi connectivity index (χ2v) is 14.7. The molecule has 0 aromatic heterocycles. The summed E-state index contributed by atoms with van der Waals surface area (Å²) in [5, 5.41) is 2.50. The number of hydrogen-bond acceptors (Lipinski definition) is 8. The van der Waals surface area contributed by atoms with Crippen molar-refractivity contribution in [2.24, 2.45) is 0 Å². The van der Waals surface area contributed by atoms with Gasteiger partial charge in [-0.15, -0.1) is 0 Å². The van der Waals surface area contributed by atoms with Crippen LogP contribution < -0.4 is 10.4 Å². The Hall–Kier alpha value is -1.66. The molecule has 0 atom stereocenters. The van der Waals surface area contributed by atoms with E-state index in [0.29, 0.717) is 99.1 Å². The predicted octanol–water partition coefficient (Wildman–Crippen LogP) is 3.70. The van der Waals surface area contributed by atoms with Crippen LogP contribution in [0, 0.1) is 0 Å². The Bertz CT molecular complexity index is 824. The fourth-order valence-corrected chi connectivity index (χ4v) is 9.02. The molecule has 2 rings (SSSR count). The highest BCUT2D eigenvalue weighted by molar-refractivity contribution is 6.99. The van der Waals surface area contributed by atoms with Crippen LogP contribution in [0.5, 0.6) is 0 Å². The van der Waals surface area contributed by atoms with Gasteiger partial charge < -0.3 is 37.6 Å². The monoisotopic (exact) mass is 592 g/mol. The van der Waals surface area contributed by atoms with Crippen LogP contribution in [0.2, 0.25) is 5.04 Å². The van der Waals surface area contributed by atoms with Crippen LogP contribution in [0.3, 0.4) is 0 Å². The van der Waals surface area contributed by atoms with Gasteiger partial charge >= 0.3 is 0 Å². The Labute approximate surface area is 248 Å². The molecule has 0 spiro atoms. The van der Waals surface area contributed by atoms with Gasteiger partial charge in [0.05, 0.1) is 92.5 Å². The van der Waals surface area contributed by atoms with Gasteiger partial charge in [-0.3, -0.25) is 0 Å². The third-order valence-corrected chi connectivity index (χ3v) is 11.4. The summed E-state index contributed by atoms with van der Waals surface area (Å²) >= 11 is 0. The first-order valence-electron chi connectivity index (χ1n) is 14.8. The Morgan fingerprint density at radius 1 is 0.439 bits per heavy atom. The fraction of sp³-hybridized carbons (Fsp3) is 0.625. The van der Waals surface area contributed by atoms with Gasteiger partial charge in [0.15, 0.2) is 0 Å². The van der Waals surface area contributed by atoms with Crippen molar-refractivity contribution in [3.63, 3.8) is 0 Å². The van der Waals surface area contributed by atoms with E-state index >= 15 is 0 Å². The van der Waals surface area contributed by atoms with Crippen molar-refractivity contribution < 1.29 is 37.6 Å². The predicted molar refractivity (Wildman–Crippen MR) is 165 cm³/mol. The first-order chi connectivity index (χ1) is 20.0. The van der Waals surface area contributed by atoms with Crippen LogP contribution in [-0.4, -0.2) is 107 Å². The highest BCUT2D eigenvalue weighted by atomic mass is 28.4. The molecule has 0 radical (unpaired) electrons. The van der Waals surface area contributed by atoms with Crippen LogP contribution in [-0.2, 0) is 37.6 Å². The van der Waals surface area contributed by atoms with Crippen molar-refractivity contribution in [3.8, 4) is 0 Å². The zero-order chi connectivity index (χ0) is 29.5. The Kier molecular flexibility index (Phi) is 19.0. The lowest BCUT2D eigenvalue weighted by atomic mass is 10.2. The summed E-state index contributed by atoms with van der Waals surface area (Å²) in [6.07, 6.45) is 0. The normalized spacial score (nSPS) is 12.2.